The van der Waals surface area contributed by atoms with Crippen LogP contribution in [0.5, 0.6) is 11.5 Å². The first-order valence-corrected chi connectivity index (χ1v) is 5.76. The summed E-state index contributed by atoms with van der Waals surface area (Å²) in [6.45, 7) is 10.5. The molecule has 0 aliphatic carbocycles. The third-order valence-electron chi connectivity index (χ3n) is 2.12. The van der Waals surface area contributed by atoms with E-state index in [1.54, 1.807) is 6.07 Å². The average molecular weight is 222 g/mol. The minimum atomic E-state index is 0.0794. The molecule has 0 radical (unpaired) electrons. The second-order valence-electron chi connectivity index (χ2n) is 5.71. The maximum Gasteiger partial charge on any atom is 0.161 e. The molecular weight excluding hydrogens is 200 g/mol. The summed E-state index contributed by atoms with van der Waals surface area (Å²) in [7, 11) is 0. The van der Waals surface area contributed by atoms with E-state index in [0.29, 0.717) is 5.75 Å². The van der Waals surface area contributed by atoms with Crippen molar-refractivity contribution in [1.29, 1.82) is 0 Å². The topological polar surface area (TPSA) is 29.5 Å². The number of ether oxygens (including phenoxy) is 1. The highest BCUT2D eigenvalue weighted by molar-refractivity contribution is 5.42. The van der Waals surface area contributed by atoms with Crippen molar-refractivity contribution < 1.29 is 9.84 Å². The Kier molecular flexibility index (Phi) is 3.84. The molecule has 1 aromatic carbocycles. The van der Waals surface area contributed by atoms with Gasteiger partial charge in [0.2, 0.25) is 0 Å². The molecule has 0 spiro atoms. The zero-order valence-electron chi connectivity index (χ0n) is 10.9. The monoisotopic (exact) mass is 222 g/mol. The Bertz CT molecular complexity index is 348. The highest BCUT2D eigenvalue weighted by atomic mass is 16.5. The Morgan fingerprint density at radius 3 is 2.38 bits per heavy atom. The van der Waals surface area contributed by atoms with Crippen molar-refractivity contribution in [2.75, 3.05) is 0 Å². The molecule has 90 valence electrons. The first-order chi connectivity index (χ1) is 7.28. The van der Waals surface area contributed by atoms with Gasteiger partial charge in [0.1, 0.15) is 0 Å². The molecule has 0 bridgehead atoms. The van der Waals surface area contributed by atoms with Crippen molar-refractivity contribution in [3.05, 3.63) is 23.8 Å². The summed E-state index contributed by atoms with van der Waals surface area (Å²) in [5.74, 6) is 0.795. The van der Waals surface area contributed by atoms with Gasteiger partial charge in [0, 0.05) is 0 Å². The minimum absolute atomic E-state index is 0.0794. The van der Waals surface area contributed by atoms with Crippen molar-refractivity contribution >= 4 is 0 Å². The number of hydrogen-bond acceptors (Lipinski definition) is 2. The first kappa shape index (κ1) is 12.9. The zero-order valence-corrected chi connectivity index (χ0v) is 10.9. The molecule has 16 heavy (non-hydrogen) atoms. The number of benzene rings is 1. The molecule has 0 heterocycles. The van der Waals surface area contributed by atoms with Crippen molar-refractivity contribution in [1.82, 2.24) is 0 Å². The standard InChI is InChI=1S/C14H22O2/c1-10(2)16-13-8-11(6-7-12(13)15)9-14(3,4)5/h6-8,10,15H,9H2,1-5H3. The molecule has 1 N–H and O–H groups in total. The molecule has 2 nitrogen and oxygen atoms in total. The number of phenolic OH excluding ortho intramolecular Hbond substituents is 1. The molecule has 0 aliphatic rings. The summed E-state index contributed by atoms with van der Waals surface area (Å²) in [6, 6.07) is 5.59. The molecule has 1 rings (SSSR count). The van der Waals surface area contributed by atoms with Crippen LogP contribution in [0.3, 0.4) is 0 Å². The van der Waals surface area contributed by atoms with Crippen LogP contribution in [-0.2, 0) is 6.42 Å². The number of aromatic hydroxyl groups is 1. The third kappa shape index (κ3) is 4.13. The first-order valence-electron chi connectivity index (χ1n) is 5.76. The van der Waals surface area contributed by atoms with Crippen molar-refractivity contribution in [3.63, 3.8) is 0 Å². The van der Waals surface area contributed by atoms with Gasteiger partial charge in [0.25, 0.3) is 0 Å². The fraction of sp³-hybridized carbons (Fsp3) is 0.571. The molecule has 0 aromatic heterocycles. The predicted octanol–water partition coefficient (Wildman–Crippen LogP) is 3.77. The summed E-state index contributed by atoms with van der Waals surface area (Å²) >= 11 is 0. The Morgan fingerprint density at radius 2 is 1.88 bits per heavy atom. The van der Waals surface area contributed by atoms with E-state index in [1.807, 2.05) is 26.0 Å². The fourth-order valence-electron chi connectivity index (χ4n) is 1.63. The second kappa shape index (κ2) is 4.77. The smallest absolute Gasteiger partial charge is 0.161 e. The van der Waals surface area contributed by atoms with Gasteiger partial charge in [-0.2, -0.15) is 0 Å². The molecule has 0 saturated heterocycles. The molecule has 0 fully saturated rings. The normalized spacial score (nSPS) is 11.9. The van der Waals surface area contributed by atoms with E-state index < -0.39 is 0 Å². The van der Waals surface area contributed by atoms with E-state index in [2.05, 4.69) is 20.8 Å². The lowest BCUT2D eigenvalue weighted by Gasteiger charge is -2.19. The summed E-state index contributed by atoms with van der Waals surface area (Å²) in [6.07, 6.45) is 1.05. The van der Waals surface area contributed by atoms with Gasteiger partial charge >= 0.3 is 0 Å². The lowest BCUT2D eigenvalue weighted by Crippen LogP contribution is -2.10. The van der Waals surface area contributed by atoms with E-state index in [4.69, 9.17) is 4.74 Å². The van der Waals surface area contributed by atoms with Crippen LogP contribution in [0.25, 0.3) is 0 Å². The van der Waals surface area contributed by atoms with Crippen molar-refractivity contribution in [2.24, 2.45) is 5.41 Å². The van der Waals surface area contributed by atoms with Gasteiger partial charge in [-0.3, -0.25) is 0 Å². The summed E-state index contributed by atoms with van der Waals surface area (Å²) < 4.78 is 5.55. The number of phenols is 1. The summed E-state index contributed by atoms with van der Waals surface area (Å²) in [5.41, 5.74) is 1.44. The van der Waals surface area contributed by atoms with Gasteiger partial charge in [-0.15, -0.1) is 0 Å². The van der Waals surface area contributed by atoms with Crippen LogP contribution in [0.4, 0.5) is 0 Å². The Hall–Kier alpha value is -1.18. The van der Waals surface area contributed by atoms with Gasteiger partial charge < -0.3 is 9.84 Å². The Balaban J connectivity index is 2.89. The van der Waals surface area contributed by atoms with E-state index in [9.17, 15) is 5.11 Å². The van der Waals surface area contributed by atoms with E-state index in [0.717, 1.165) is 6.42 Å². The van der Waals surface area contributed by atoms with Crippen LogP contribution in [0.15, 0.2) is 18.2 Å². The molecule has 2 heteroatoms. The van der Waals surface area contributed by atoms with Gasteiger partial charge in [0.15, 0.2) is 11.5 Å². The molecule has 0 aliphatic heterocycles. The number of hydrogen-bond donors (Lipinski definition) is 1. The Morgan fingerprint density at radius 1 is 1.25 bits per heavy atom. The van der Waals surface area contributed by atoms with Gasteiger partial charge in [-0.1, -0.05) is 26.8 Å². The minimum Gasteiger partial charge on any atom is -0.504 e. The molecule has 1 aromatic rings. The highest BCUT2D eigenvalue weighted by Gasteiger charge is 2.13. The van der Waals surface area contributed by atoms with Crippen LogP contribution >= 0.6 is 0 Å². The number of rotatable bonds is 3. The maximum atomic E-state index is 9.66. The largest absolute Gasteiger partial charge is 0.504 e. The molecule has 0 amide bonds. The molecule has 0 unspecified atom stereocenters. The summed E-state index contributed by atoms with van der Waals surface area (Å²) in [5, 5.41) is 9.66. The van der Waals surface area contributed by atoms with E-state index in [-0.39, 0.29) is 17.3 Å². The predicted molar refractivity (Wildman–Crippen MR) is 67.0 cm³/mol. The fourth-order valence-corrected chi connectivity index (χ4v) is 1.63. The van der Waals surface area contributed by atoms with Gasteiger partial charge in [0.05, 0.1) is 6.10 Å². The molecular formula is C14H22O2. The summed E-state index contributed by atoms with van der Waals surface area (Å²) in [4.78, 5) is 0. The van der Waals surface area contributed by atoms with Crippen molar-refractivity contribution in [2.45, 2.75) is 47.1 Å². The van der Waals surface area contributed by atoms with E-state index in [1.165, 1.54) is 5.56 Å². The second-order valence-corrected chi connectivity index (χ2v) is 5.71. The average Bonchev–Trinajstić information content (AvgIpc) is 2.07. The quantitative estimate of drug-likeness (QED) is 0.843. The van der Waals surface area contributed by atoms with Crippen molar-refractivity contribution in [3.8, 4) is 11.5 Å². The Labute approximate surface area is 98.3 Å². The maximum absolute atomic E-state index is 9.66. The lowest BCUT2D eigenvalue weighted by atomic mass is 9.88. The molecule has 0 saturated carbocycles. The van der Waals surface area contributed by atoms with Crippen LogP contribution in [0.2, 0.25) is 0 Å². The van der Waals surface area contributed by atoms with E-state index >= 15 is 0 Å². The van der Waals surface area contributed by atoms with Crippen LogP contribution in [0, 0.1) is 5.41 Å². The lowest BCUT2D eigenvalue weighted by molar-refractivity contribution is 0.231. The van der Waals surface area contributed by atoms with Gasteiger partial charge in [-0.05, 0) is 43.4 Å². The SMILES string of the molecule is CC(C)Oc1cc(CC(C)(C)C)ccc1O. The van der Waals surface area contributed by atoms with Gasteiger partial charge in [-0.25, -0.2) is 0 Å². The highest BCUT2D eigenvalue weighted by Crippen LogP contribution is 2.30. The van der Waals surface area contributed by atoms with Crippen LogP contribution in [0.1, 0.15) is 40.2 Å². The van der Waals surface area contributed by atoms with Crippen LogP contribution < -0.4 is 4.74 Å². The molecule has 0 atom stereocenters. The van der Waals surface area contributed by atoms with Crippen LogP contribution in [-0.4, -0.2) is 11.2 Å². The third-order valence-corrected chi connectivity index (χ3v) is 2.12. The zero-order chi connectivity index (χ0) is 12.3.